The van der Waals surface area contributed by atoms with Gasteiger partial charge in [0.2, 0.25) is 0 Å². The molecule has 3 heterocycles. The number of carbonyl (C=O) groups excluding carboxylic acids is 1. The molecule has 1 saturated heterocycles. The number of aryl methyl sites for hydroxylation is 1. The number of pyridine rings is 2. The van der Waals surface area contributed by atoms with Crippen molar-refractivity contribution in [2.75, 3.05) is 13.1 Å². The molecule has 1 atom stereocenters. The molecule has 2 aromatic heterocycles. The molecular weight excluding hydrogens is 360 g/mol. The maximum absolute atomic E-state index is 12.8. The molecule has 1 N–H and O–H groups in total. The number of benzene rings is 1. The molecule has 1 aromatic carbocycles. The quantitative estimate of drug-likeness (QED) is 0.724. The van der Waals surface area contributed by atoms with Gasteiger partial charge in [-0.05, 0) is 60.7 Å². The van der Waals surface area contributed by atoms with Crippen molar-refractivity contribution in [2.45, 2.75) is 32.4 Å². The smallest absolute Gasteiger partial charge is 0.270 e. The van der Waals surface area contributed by atoms with E-state index in [9.17, 15) is 4.79 Å². The van der Waals surface area contributed by atoms with E-state index < -0.39 is 0 Å². The lowest BCUT2D eigenvalue weighted by Crippen LogP contribution is -2.47. The summed E-state index contributed by atoms with van der Waals surface area (Å²) in [5, 5.41) is 3.18. The summed E-state index contributed by atoms with van der Waals surface area (Å²) >= 11 is 0. The molecule has 1 fully saturated rings. The predicted octanol–water partition coefficient (Wildman–Crippen LogP) is 3.85. The van der Waals surface area contributed by atoms with Crippen molar-refractivity contribution in [2.24, 2.45) is 0 Å². The molecule has 148 valence electrons. The largest absolute Gasteiger partial charge is 0.347 e. The molecule has 0 spiro atoms. The first-order valence-corrected chi connectivity index (χ1v) is 10.1. The lowest BCUT2D eigenvalue weighted by Gasteiger charge is -2.33. The Balaban J connectivity index is 1.39. The molecule has 4 rings (SSSR count). The van der Waals surface area contributed by atoms with Gasteiger partial charge in [-0.2, -0.15) is 0 Å². The molecular formula is C24H26N4O. The molecule has 29 heavy (non-hydrogen) atoms. The summed E-state index contributed by atoms with van der Waals surface area (Å²) in [5.74, 6) is -0.105. The van der Waals surface area contributed by atoms with Gasteiger partial charge in [0, 0.05) is 37.7 Å². The highest BCUT2D eigenvalue weighted by Gasteiger charge is 2.22. The van der Waals surface area contributed by atoms with Gasteiger partial charge in [-0.3, -0.25) is 19.7 Å². The molecule has 1 aliphatic rings. The number of hydrogen-bond acceptors (Lipinski definition) is 4. The normalized spacial score (nSPS) is 17.1. The van der Waals surface area contributed by atoms with Crippen LogP contribution < -0.4 is 5.32 Å². The van der Waals surface area contributed by atoms with E-state index in [1.165, 1.54) is 11.1 Å². The summed E-state index contributed by atoms with van der Waals surface area (Å²) in [7, 11) is 0. The minimum absolute atomic E-state index is 0.105. The Labute approximate surface area is 171 Å². The molecule has 0 saturated carbocycles. The first-order valence-electron chi connectivity index (χ1n) is 10.1. The number of carbonyl (C=O) groups is 1. The van der Waals surface area contributed by atoms with Crippen LogP contribution >= 0.6 is 0 Å². The summed E-state index contributed by atoms with van der Waals surface area (Å²) in [6.45, 7) is 4.81. The molecule has 5 heteroatoms. The molecule has 0 bridgehead atoms. The zero-order chi connectivity index (χ0) is 20.1. The van der Waals surface area contributed by atoms with Gasteiger partial charge in [0.05, 0.1) is 0 Å². The predicted molar refractivity (Wildman–Crippen MR) is 114 cm³/mol. The molecule has 5 nitrogen and oxygen atoms in total. The average Bonchev–Trinajstić information content (AvgIpc) is 2.75. The monoisotopic (exact) mass is 386 g/mol. The Bertz CT molecular complexity index is 973. The van der Waals surface area contributed by atoms with Gasteiger partial charge in [0.25, 0.3) is 5.91 Å². The minimum atomic E-state index is -0.105. The summed E-state index contributed by atoms with van der Waals surface area (Å²) in [4.78, 5) is 23.8. The van der Waals surface area contributed by atoms with Crippen LogP contribution in [0.4, 0.5) is 0 Å². The Morgan fingerprint density at radius 2 is 2.00 bits per heavy atom. The number of aromatic nitrogens is 2. The van der Waals surface area contributed by atoms with Crippen LogP contribution in [0.25, 0.3) is 11.1 Å². The first-order chi connectivity index (χ1) is 14.2. The first kappa shape index (κ1) is 19.3. The Hall–Kier alpha value is -3.05. The fourth-order valence-electron chi connectivity index (χ4n) is 3.90. The number of amides is 1. The van der Waals surface area contributed by atoms with Crippen LogP contribution in [0.3, 0.4) is 0 Å². The zero-order valence-corrected chi connectivity index (χ0v) is 16.7. The van der Waals surface area contributed by atoms with E-state index in [0.717, 1.165) is 43.6 Å². The second-order valence-electron chi connectivity index (χ2n) is 7.71. The van der Waals surface area contributed by atoms with E-state index in [4.69, 9.17) is 0 Å². The number of rotatable bonds is 5. The third kappa shape index (κ3) is 5.06. The number of likely N-dealkylation sites (tertiary alicyclic amines) is 1. The third-order valence-electron chi connectivity index (χ3n) is 5.28. The fourth-order valence-corrected chi connectivity index (χ4v) is 3.90. The lowest BCUT2D eigenvalue weighted by molar-refractivity contribution is 0.0896. The highest BCUT2D eigenvalue weighted by molar-refractivity contribution is 5.93. The molecule has 0 aliphatic carbocycles. The molecule has 1 unspecified atom stereocenters. The number of hydrogen-bond donors (Lipinski definition) is 1. The van der Waals surface area contributed by atoms with E-state index in [0.29, 0.717) is 5.69 Å². The van der Waals surface area contributed by atoms with Crippen molar-refractivity contribution < 1.29 is 4.79 Å². The Kier molecular flexibility index (Phi) is 5.96. The second kappa shape index (κ2) is 8.97. The van der Waals surface area contributed by atoms with E-state index in [-0.39, 0.29) is 11.9 Å². The number of nitrogens with one attached hydrogen (secondary N) is 1. The molecule has 1 aliphatic heterocycles. The van der Waals surface area contributed by atoms with Crippen molar-refractivity contribution in [3.63, 3.8) is 0 Å². The van der Waals surface area contributed by atoms with Crippen LogP contribution in [0.15, 0.2) is 67.1 Å². The topological polar surface area (TPSA) is 58.1 Å². The highest BCUT2D eigenvalue weighted by Crippen LogP contribution is 2.19. The maximum atomic E-state index is 12.8. The van der Waals surface area contributed by atoms with E-state index >= 15 is 0 Å². The van der Waals surface area contributed by atoms with Crippen molar-refractivity contribution in [3.8, 4) is 11.1 Å². The maximum Gasteiger partial charge on any atom is 0.270 e. The summed E-state index contributed by atoms with van der Waals surface area (Å²) in [6, 6.07) is 16.2. The zero-order valence-electron chi connectivity index (χ0n) is 16.7. The summed E-state index contributed by atoms with van der Waals surface area (Å²) < 4.78 is 0. The molecule has 3 aromatic rings. The van der Waals surface area contributed by atoms with Gasteiger partial charge < -0.3 is 5.32 Å². The fraction of sp³-hybridized carbons (Fsp3) is 0.292. The van der Waals surface area contributed by atoms with Gasteiger partial charge in [-0.25, -0.2) is 0 Å². The van der Waals surface area contributed by atoms with Crippen LogP contribution in [0.1, 0.15) is 34.5 Å². The summed E-state index contributed by atoms with van der Waals surface area (Å²) in [6.07, 6.45) is 7.57. The Morgan fingerprint density at radius 3 is 2.83 bits per heavy atom. The van der Waals surface area contributed by atoms with Gasteiger partial charge >= 0.3 is 0 Å². The van der Waals surface area contributed by atoms with Crippen molar-refractivity contribution in [1.29, 1.82) is 0 Å². The van der Waals surface area contributed by atoms with Crippen LogP contribution in [0.5, 0.6) is 0 Å². The van der Waals surface area contributed by atoms with Crippen LogP contribution in [0.2, 0.25) is 0 Å². The lowest BCUT2D eigenvalue weighted by atomic mass is 10.0. The van der Waals surface area contributed by atoms with Crippen molar-refractivity contribution in [3.05, 3.63) is 83.9 Å². The van der Waals surface area contributed by atoms with Crippen molar-refractivity contribution >= 4 is 5.91 Å². The number of piperidine rings is 1. The van der Waals surface area contributed by atoms with E-state index in [2.05, 4.69) is 33.2 Å². The Morgan fingerprint density at radius 1 is 1.14 bits per heavy atom. The van der Waals surface area contributed by atoms with Crippen LogP contribution in [0, 0.1) is 6.92 Å². The summed E-state index contributed by atoms with van der Waals surface area (Å²) in [5.41, 5.74) is 4.94. The molecule has 1 amide bonds. The highest BCUT2D eigenvalue weighted by atomic mass is 16.1. The standard InChI is InChI=1S/C24H26N4O/c1-18-12-19(15-25-14-18)16-28-11-5-8-22(17-28)27-24(29)23-13-21(9-10-26-23)20-6-3-2-4-7-20/h2-4,6-7,9-10,12-15,22H,5,8,11,16-17H2,1H3,(H,27,29). The van der Waals surface area contributed by atoms with Crippen LogP contribution in [-0.2, 0) is 6.54 Å². The van der Waals surface area contributed by atoms with Gasteiger partial charge in [-0.1, -0.05) is 36.4 Å². The second-order valence-corrected chi connectivity index (χ2v) is 7.71. The minimum Gasteiger partial charge on any atom is -0.347 e. The van der Waals surface area contributed by atoms with Gasteiger partial charge in [-0.15, -0.1) is 0 Å². The van der Waals surface area contributed by atoms with E-state index in [1.54, 1.807) is 6.20 Å². The van der Waals surface area contributed by atoms with E-state index in [1.807, 2.05) is 54.9 Å². The van der Waals surface area contributed by atoms with Gasteiger partial charge in [0.15, 0.2) is 0 Å². The average molecular weight is 386 g/mol. The van der Waals surface area contributed by atoms with Crippen molar-refractivity contribution in [1.82, 2.24) is 20.2 Å². The third-order valence-corrected chi connectivity index (χ3v) is 5.28. The van der Waals surface area contributed by atoms with Crippen LogP contribution in [-0.4, -0.2) is 39.9 Å². The molecule has 0 radical (unpaired) electrons. The SMILES string of the molecule is Cc1cncc(CN2CCCC(NC(=O)c3cc(-c4ccccc4)ccn3)C2)c1. The number of nitrogens with zero attached hydrogens (tertiary/aromatic N) is 3. The van der Waals surface area contributed by atoms with Gasteiger partial charge in [0.1, 0.15) is 5.69 Å².